The Hall–Kier alpha value is -2.96. The predicted octanol–water partition coefficient (Wildman–Crippen LogP) is 3.70. The van der Waals surface area contributed by atoms with Crippen molar-refractivity contribution in [3.05, 3.63) is 37.0 Å². The molecule has 2 aromatic heterocycles. The van der Waals surface area contributed by atoms with Crippen molar-refractivity contribution in [2.24, 2.45) is 5.41 Å². The number of anilines is 1. The molecule has 1 fully saturated rings. The summed E-state index contributed by atoms with van der Waals surface area (Å²) in [4.78, 5) is 88.2. The van der Waals surface area contributed by atoms with Crippen molar-refractivity contribution in [2.45, 2.75) is 122 Å². The molecule has 2 amide bonds. The number of aliphatic hydroxyl groups excluding tert-OH is 2. The molecule has 1 aliphatic rings. The number of imidazole rings is 1. The Bertz CT molecular complexity index is 2050. The lowest BCUT2D eigenvalue weighted by Crippen LogP contribution is -2.46. The summed E-state index contributed by atoms with van der Waals surface area (Å²) in [5, 5.41) is 26.6. The van der Waals surface area contributed by atoms with Gasteiger partial charge in [-0.05, 0) is 25.7 Å². The van der Waals surface area contributed by atoms with E-state index in [2.05, 4.69) is 65.6 Å². The zero-order valence-electron chi connectivity index (χ0n) is 36.5. The summed E-state index contributed by atoms with van der Waals surface area (Å²) in [6.45, 7) is 2.70. The number of thioether (sulfide) groups is 1. The first-order valence-corrected chi connectivity index (χ1v) is 26.4. The summed E-state index contributed by atoms with van der Waals surface area (Å²) in [6, 6.07) is 0. The molecule has 28 heteroatoms. The molecule has 65 heavy (non-hydrogen) atoms. The summed E-state index contributed by atoms with van der Waals surface area (Å²) < 4.78 is 62.4. The van der Waals surface area contributed by atoms with Gasteiger partial charge in [-0.1, -0.05) is 88.9 Å². The standard InChI is InChI=1S/C37H62N7O17P3S/c1-4-5-6-7-8-9-10-11-12-13-14-15-16-17-28(46)65-21-20-39-27(45)18-19-40-35(49)32(48)37(2,3)23-58-64(55,56)61-63(53,54)57-22-26-31(60-62(50,51)52)30(47)36(59-26)44-25-43-29-33(38)41-24-42-34(29)44/h6-9,24-26,30-32,36,47-48H,4-5,10-23H2,1-3H3,(H,39,45)(H,40,49)(H,53,54)(H,55,56)(H2,38,41,42)(H2,50,51,52)/b7-6-,9-8+/t26-,30-,31-,32+,36-/m1/s1. The molecule has 10 N–H and O–H groups in total. The number of hydrogen-bond acceptors (Lipinski definition) is 18. The highest BCUT2D eigenvalue weighted by Crippen LogP contribution is 2.61. The number of fused-ring (bicyclic) bond motifs is 1. The van der Waals surface area contributed by atoms with E-state index >= 15 is 0 Å². The molecule has 1 saturated heterocycles. The average Bonchev–Trinajstić information content (AvgIpc) is 3.79. The SMILES string of the molecule is CCC/C=C\C=C\CCCCCCCCC(=O)SCCNC(=O)CCNC(=O)[C@H](O)C(C)(C)COP(=O)(O)OP(=O)(O)OC[C@H]1O[C@@H](n2cnc3c(N)ncnc32)[C@H](O)[C@@H]1OP(=O)(O)O. The Morgan fingerprint density at radius 1 is 0.938 bits per heavy atom. The second-order valence-electron chi connectivity index (χ2n) is 15.6. The van der Waals surface area contributed by atoms with E-state index in [9.17, 15) is 57.9 Å². The second-order valence-corrected chi connectivity index (χ2v) is 21.0. The zero-order valence-corrected chi connectivity index (χ0v) is 40.0. The highest BCUT2D eigenvalue weighted by atomic mass is 32.2. The minimum atomic E-state index is -5.58. The zero-order chi connectivity index (χ0) is 48.3. The number of nitrogens with zero attached hydrogens (tertiary/aromatic N) is 4. The second kappa shape index (κ2) is 27.1. The highest BCUT2D eigenvalue weighted by Gasteiger charge is 2.50. The number of rotatable bonds is 31. The fourth-order valence-electron chi connectivity index (χ4n) is 6.12. The number of phosphoric acid groups is 3. The van der Waals surface area contributed by atoms with Crippen molar-refractivity contribution < 1.29 is 80.5 Å². The van der Waals surface area contributed by atoms with E-state index in [4.69, 9.17) is 19.5 Å². The number of aromatic nitrogens is 4. The van der Waals surface area contributed by atoms with Gasteiger partial charge in [0, 0.05) is 37.1 Å². The van der Waals surface area contributed by atoms with E-state index in [1.54, 1.807) is 0 Å². The molecule has 2 aromatic rings. The Balaban J connectivity index is 1.33. The van der Waals surface area contributed by atoms with Gasteiger partial charge < -0.3 is 50.9 Å². The van der Waals surface area contributed by atoms with Crippen LogP contribution in [0.1, 0.15) is 97.6 Å². The largest absolute Gasteiger partial charge is 0.481 e. The third-order valence-electron chi connectivity index (χ3n) is 9.61. The molecule has 3 rings (SSSR count). The Morgan fingerprint density at radius 3 is 2.29 bits per heavy atom. The van der Waals surface area contributed by atoms with Crippen molar-refractivity contribution in [3.8, 4) is 0 Å². The molecule has 24 nitrogen and oxygen atoms in total. The van der Waals surface area contributed by atoms with Crippen LogP contribution in [-0.4, -0.2) is 123 Å². The quantitative estimate of drug-likeness (QED) is 0.0295. The number of aliphatic hydroxyl groups is 2. The lowest BCUT2D eigenvalue weighted by atomic mass is 9.87. The normalized spacial score (nSPS) is 20.6. The number of carbonyl (C=O) groups is 3. The molecule has 2 unspecified atom stereocenters. The molecular formula is C37H62N7O17P3S. The van der Waals surface area contributed by atoms with Crippen LogP contribution in [0.2, 0.25) is 0 Å². The number of phosphoric ester groups is 3. The number of nitrogen functional groups attached to an aromatic ring is 1. The molecule has 7 atom stereocenters. The lowest BCUT2D eigenvalue weighted by molar-refractivity contribution is -0.137. The van der Waals surface area contributed by atoms with Crippen LogP contribution in [0.3, 0.4) is 0 Å². The lowest BCUT2D eigenvalue weighted by Gasteiger charge is -2.30. The van der Waals surface area contributed by atoms with Gasteiger partial charge in [0.2, 0.25) is 11.8 Å². The molecule has 1 aliphatic heterocycles. The summed E-state index contributed by atoms with van der Waals surface area (Å²) in [7, 11) is -16.4. The predicted molar refractivity (Wildman–Crippen MR) is 237 cm³/mol. The number of nitrogens with one attached hydrogen (secondary N) is 2. The van der Waals surface area contributed by atoms with Crippen molar-refractivity contribution >= 4 is 69.1 Å². The van der Waals surface area contributed by atoms with Crippen LogP contribution in [0.4, 0.5) is 5.82 Å². The minimum absolute atomic E-state index is 0.0321. The number of allylic oxidation sites excluding steroid dienone is 4. The topological polar surface area (TPSA) is 364 Å². The van der Waals surface area contributed by atoms with Crippen LogP contribution in [-0.2, 0) is 50.7 Å². The van der Waals surface area contributed by atoms with E-state index in [0.717, 1.165) is 86.8 Å². The molecule has 3 heterocycles. The monoisotopic (exact) mass is 1000 g/mol. The first-order chi connectivity index (χ1) is 30.6. The average molecular weight is 1000 g/mol. The van der Waals surface area contributed by atoms with E-state index in [-0.39, 0.29) is 41.6 Å². The Morgan fingerprint density at radius 2 is 1.60 bits per heavy atom. The molecular weight excluding hydrogens is 939 g/mol. The molecule has 0 aromatic carbocycles. The van der Waals surface area contributed by atoms with E-state index in [1.165, 1.54) is 13.8 Å². The third kappa shape index (κ3) is 20.4. The first kappa shape index (κ1) is 56.4. The maximum atomic E-state index is 12.7. The maximum absolute atomic E-state index is 12.7. The van der Waals surface area contributed by atoms with Gasteiger partial charge in [-0.3, -0.25) is 32.5 Å². The van der Waals surface area contributed by atoms with E-state index in [0.29, 0.717) is 12.2 Å². The van der Waals surface area contributed by atoms with Crippen LogP contribution in [0.15, 0.2) is 37.0 Å². The highest BCUT2D eigenvalue weighted by molar-refractivity contribution is 8.13. The number of hydrogen-bond donors (Lipinski definition) is 9. The summed E-state index contributed by atoms with van der Waals surface area (Å²) in [6.07, 6.45) is 11.8. The minimum Gasteiger partial charge on any atom is -0.386 e. The summed E-state index contributed by atoms with van der Waals surface area (Å²) in [5.41, 5.74) is 4.28. The van der Waals surface area contributed by atoms with Crippen LogP contribution < -0.4 is 16.4 Å². The van der Waals surface area contributed by atoms with E-state index < -0.39 is 84.6 Å². The first-order valence-electron chi connectivity index (χ1n) is 20.9. The molecule has 0 spiro atoms. The molecule has 0 aliphatic carbocycles. The van der Waals surface area contributed by atoms with Crippen LogP contribution in [0, 0.1) is 5.41 Å². The van der Waals surface area contributed by atoms with Gasteiger partial charge in [-0.15, -0.1) is 0 Å². The van der Waals surface area contributed by atoms with Gasteiger partial charge in [-0.2, -0.15) is 4.31 Å². The Kier molecular flexibility index (Phi) is 23.5. The number of nitrogens with two attached hydrogens (primary N) is 1. The summed E-state index contributed by atoms with van der Waals surface area (Å²) in [5.74, 6) is -1.04. The third-order valence-corrected chi connectivity index (χ3v) is 13.6. The van der Waals surface area contributed by atoms with Crippen LogP contribution >= 0.6 is 35.2 Å². The molecule has 368 valence electrons. The van der Waals surface area contributed by atoms with Gasteiger partial charge in [-0.25, -0.2) is 28.6 Å². The number of amides is 2. The molecule has 0 bridgehead atoms. The molecule has 0 saturated carbocycles. The van der Waals surface area contributed by atoms with Crippen molar-refractivity contribution in [2.75, 3.05) is 37.8 Å². The van der Waals surface area contributed by atoms with Crippen molar-refractivity contribution in [3.63, 3.8) is 0 Å². The smallest absolute Gasteiger partial charge is 0.386 e. The number of unbranched alkanes of at least 4 members (excludes halogenated alkanes) is 7. The van der Waals surface area contributed by atoms with Gasteiger partial charge in [0.1, 0.15) is 36.3 Å². The number of ether oxygens (including phenoxy) is 1. The fraction of sp³-hybridized carbons (Fsp3) is 0.676. The van der Waals surface area contributed by atoms with Gasteiger partial charge in [0.05, 0.1) is 19.5 Å². The fourth-order valence-corrected chi connectivity index (χ4v) is 9.67. The van der Waals surface area contributed by atoms with Gasteiger partial charge >= 0.3 is 23.5 Å². The molecule has 0 radical (unpaired) electrons. The number of carbonyl (C=O) groups excluding carboxylic acids is 3. The Labute approximate surface area is 381 Å². The van der Waals surface area contributed by atoms with Crippen molar-refractivity contribution in [1.29, 1.82) is 0 Å². The van der Waals surface area contributed by atoms with Crippen LogP contribution in [0.25, 0.3) is 11.2 Å². The van der Waals surface area contributed by atoms with E-state index in [1.807, 2.05) is 0 Å². The van der Waals surface area contributed by atoms with Gasteiger partial charge in [0.15, 0.2) is 22.8 Å². The van der Waals surface area contributed by atoms with Gasteiger partial charge in [0.25, 0.3) is 0 Å². The maximum Gasteiger partial charge on any atom is 0.481 e. The van der Waals surface area contributed by atoms with Crippen molar-refractivity contribution in [1.82, 2.24) is 30.2 Å². The summed E-state index contributed by atoms with van der Waals surface area (Å²) >= 11 is 1.14. The van der Waals surface area contributed by atoms with Crippen LogP contribution in [0.5, 0.6) is 0 Å².